The standard InChI is InChI=1S/C12H8N2/c1-3-7-11-8(4-1)14-10-6-2-5-9(13-7)12(10)11/h1-6,13-14H. The molecule has 2 aromatic carbocycles. The van der Waals surface area contributed by atoms with Crippen molar-refractivity contribution in [3.05, 3.63) is 36.4 Å². The van der Waals surface area contributed by atoms with Gasteiger partial charge in [-0.1, -0.05) is 12.1 Å². The highest BCUT2D eigenvalue weighted by Gasteiger charge is 2.11. The smallest absolute Gasteiger partial charge is 0.0486 e. The summed E-state index contributed by atoms with van der Waals surface area (Å²) in [6.07, 6.45) is 0. The van der Waals surface area contributed by atoms with E-state index in [2.05, 4.69) is 46.4 Å². The summed E-state index contributed by atoms with van der Waals surface area (Å²) in [4.78, 5) is 6.84. The fourth-order valence-corrected chi connectivity index (χ4v) is 2.35. The van der Waals surface area contributed by atoms with Crippen molar-refractivity contribution in [2.24, 2.45) is 0 Å². The second-order valence-corrected chi connectivity index (χ2v) is 3.71. The molecule has 2 heterocycles. The second-order valence-electron chi connectivity index (χ2n) is 3.71. The third-order valence-corrected chi connectivity index (χ3v) is 2.92. The Bertz CT molecular complexity index is 614. The minimum atomic E-state index is 1.22. The molecule has 0 saturated heterocycles. The van der Waals surface area contributed by atoms with Crippen molar-refractivity contribution in [1.82, 2.24) is 9.97 Å². The second kappa shape index (κ2) is 1.93. The van der Waals surface area contributed by atoms with Crippen LogP contribution < -0.4 is 0 Å². The molecule has 2 heteroatoms. The summed E-state index contributed by atoms with van der Waals surface area (Å²) in [6, 6.07) is 12.6. The Morgan fingerprint density at radius 2 is 0.929 bits per heavy atom. The van der Waals surface area contributed by atoms with Crippen LogP contribution in [0, 0.1) is 0 Å². The molecular weight excluding hydrogens is 172 g/mol. The number of aromatic amines is 2. The van der Waals surface area contributed by atoms with E-state index in [9.17, 15) is 0 Å². The Kier molecular flexibility index (Phi) is 0.892. The zero-order chi connectivity index (χ0) is 9.12. The highest BCUT2D eigenvalue weighted by molar-refractivity contribution is 6.22. The van der Waals surface area contributed by atoms with Crippen LogP contribution in [0.2, 0.25) is 0 Å². The van der Waals surface area contributed by atoms with Crippen LogP contribution in [-0.4, -0.2) is 9.97 Å². The van der Waals surface area contributed by atoms with E-state index in [0.29, 0.717) is 0 Å². The van der Waals surface area contributed by atoms with Crippen LogP contribution >= 0.6 is 0 Å². The summed E-state index contributed by atoms with van der Waals surface area (Å²) in [7, 11) is 0. The molecule has 0 fully saturated rings. The number of benzene rings is 2. The molecule has 0 aliphatic carbocycles. The van der Waals surface area contributed by atoms with Crippen molar-refractivity contribution in [2.45, 2.75) is 0 Å². The van der Waals surface area contributed by atoms with Crippen LogP contribution in [0.3, 0.4) is 0 Å². The van der Waals surface area contributed by atoms with Gasteiger partial charge < -0.3 is 9.97 Å². The SMILES string of the molecule is c1cc2[nH]c3cccc4[nH]c(c1)c2c34. The lowest BCUT2D eigenvalue weighted by Crippen LogP contribution is -1.71. The van der Waals surface area contributed by atoms with Gasteiger partial charge in [0.1, 0.15) is 0 Å². The van der Waals surface area contributed by atoms with Crippen LogP contribution in [0.1, 0.15) is 0 Å². The van der Waals surface area contributed by atoms with Gasteiger partial charge in [-0.15, -0.1) is 0 Å². The summed E-state index contributed by atoms with van der Waals surface area (Å²) in [5.74, 6) is 0. The molecule has 0 saturated carbocycles. The van der Waals surface area contributed by atoms with E-state index in [1.165, 1.54) is 32.8 Å². The molecular formula is C12H8N2. The Balaban J connectivity index is 2.59. The quantitative estimate of drug-likeness (QED) is 0.416. The first-order chi connectivity index (χ1) is 6.93. The summed E-state index contributed by atoms with van der Waals surface area (Å²) < 4.78 is 0. The summed E-state index contributed by atoms with van der Waals surface area (Å²) in [5.41, 5.74) is 4.87. The van der Waals surface area contributed by atoms with E-state index in [1.807, 2.05) is 0 Å². The summed E-state index contributed by atoms with van der Waals surface area (Å²) in [5, 5.41) is 2.66. The average molecular weight is 180 g/mol. The first-order valence-electron chi connectivity index (χ1n) is 4.74. The van der Waals surface area contributed by atoms with Gasteiger partial charge in [0.05, 0.1) is 0 Å². The summed E-state index contributed by atoms with van der Waals surface area (Å²) >= 11 is 0. The first-order valence-corrected chi connectivity index (χ1v) is 4.74. The van der Waals surface area contributed by atoms with Gasteiger partial charge in [-0.25, -0.2) is 0 Å². The maximum absolute atomic E-state index is 3.42. The molecule has 2 nitrogen and oxygen atoms in total. The van der Waals surface area contributed by atoms with E-state index < -0.39 is 0 Å². The molecule has 0 spiro atoms. The van der Waals surface area contributed by atoms with E-state index >= 15 is 0 Å². The van der Waals surface area contributed by atoms with Gasteiger partial charge in [0.25, 0.3) is 0 Å². The van der Waals surface area contributed by atoms with E-state index in [-0.39, 0.29) is 0 Å². The minimum absolute atomic E-state index is 1.22. The van der Waals surface area contributed by atoms with Gasteiger partial charge in [0, 0.05) is 32.8 Å². The van der Waals surface area contributed by atoms with Crippen LogP contribution in [0.4, 0.5) is 0 Å². The first kappa shape index (κ1) is 6.49. The third-order valence-electron chi connectivity index (χ3n) is 2.92. The molecule has 0 radical (unpaired) electrons. The predicted octanol–water partition coefficient (Wildman–Crippen LogP) is 3.24. The molecule has 0 unspecified atom stereocenters. The number of H-pyrrole nitrogens is 2. The molecule has 0 aliphatic rings. The number of nitrogens with one attached hydrogen (secondary N) is 2. The molecule has 2 N–H and O–H groups in total. The normalized spacial score (nSPS) is 12.3. The van der Waals surface area contributed by atoms with Crippen molar-refractivity contribution in [3.63, 3.8) is 0 Å². The van der Waals surface area contributed by atoms with Crippen LogP contribution in [0.25, 0.3) is 32.8 Å². The molecule has 66 valence electrons. The molecule has 0 bridgehead atoms. The monoisotopic (exact) mass is 180 g/mol. The Morgan fingerprint density at radius 3 is 1.29 bits per heavy atom. The van der Waals surface area contributed by atoms with Crippen LogP contribution in [0.15, 0.2) is 36.4 Å². The highest BCUT2D eigenvalue weighted by Crippen LogP contribution is 2.33. The van der Waals surface area contributed by atoms with E-state index in [0.717, 1.165) is 0 Å². The van der Waals surface area contributed by atoms with Gasteiger partial charge in [-0.3, -0.25) is 0 Å². The fraction of sp³-hybridized carbons (Fsp3) is 0. The summed E-state index contributed by atoms with van der Waals surface area (Å²) in [6.45, 7) is 0. The fourth-order valence-electron chi connectivity index (χ4n) is 2.35. The van der Waals surface area contributed by atoms with Gasteiger partial charge in [-0.05, 0) is 24.3 Å². The Labute approximate surface area is 79.9 Å². The lowest BCUT2D eigenvalue weighted by molar-refractivity contribution is 1.50. The molecule has 0 atom stereocenters. The number of hydrogen-bond donors (Lipinski definition) is 2. The zero-order valence-electron chi connectivity index (χ0n) is 7.46. The highest BCUT2D eigenvalue weighted by atomic mass is 14.8. The van der Waals surface area contributed by atoms with Crippen molar-refractivity contribution in [1.29, 1.82) is 0 Å². The van der Waals surface area contributed by atoms with Crippen LogP contribution in [-0.2, 0) is 0 Å². The number of aromatic nitrogens is 2. The number of rotatable bonds is 0. The molecule has 0 aliphatic heterocycles. The predicted molar refractivity (Wildman–Crippen MR) is 58.8 cm³/mol. The van der Waals surface area contributed by atoms with E-state index in [1.54, 1.807) is 0 Å². The Morgan fingerprint density at radius 1 is 0.571 bits per heavy atom. The topological polar surface area (TPSA) is 31.6 Å². The molecule has 4 rings (SSSR count). The van der Waals surface area contributed by atoms with Crippen LogP contribution in [0.5, 0.6) is 0 Å². The van der Waals surface area contributed by atoms with Crippen molar-refractivity contribution in [3.8, 4) is 0 Å². The lowest BCUT2D eigenvalue weighted by Gasteiger charge is -1.89. The molecule has 4 aromatic rings. The van der Waals surface area contributed by atoms with Gasteiger partial charge >= 0.3 is 0 Å². The lowest BCUT2D eigenvalue weighted by atomic mass is 10.2. The van der Waals surface area contributed by atoms with E-state index in [4.69, 9.17) is 0 Å². The van der Waals surface area contributed by atoms with Crippen molar-refractivity contribution in [2.75, 3.05) is 0 Å². The maximum Gasteiger partial charge on any atom is 0.0486 e. The molecule has 14 heavy (non-hydrogen) atoms. The maximum atomic E-state index is 3.42. The van der Waals surface area contributed by atoms with Gasteiger partial charge in [0.2, 0.25) is 0 Å². The Hall–Kier alpha value is -1.96. The number of hydrogen-bond acceptors (Lipinski definition) is 0. The third kappa shape index (κ3) is 0.567. The zero-order valence-corrected chi connectivity index (χ0v) is 7.46. The molecule has 2 aromatic heterocycles. The van der Waals surface area contributed by atoms with Gasteiger partial charge in [-0.2, -0.15) is 0 Å². The van der Waals surface area contributed by atoms with Crippen molar-refractivity contribution >= 4 is 32.8 Å². The minimum Gasteiger partial charge on any atom is -0.354 e. The van der Waals surface area contributed by atoms with Crippen molar-refractivity contribution < 1.29 is 0 Å². The largest absolute Gasteiger partial charge is 0.354 e. The molecule has 0 amide bonds. The van der Waals surface area contributed by atoms with Gasteiger partial charge in [0.15, 0.2) is 0 Å². The average Bonchev–Trinajstić information content (AvgIpc) is 2.74.